The fourth-order valence-corrected chi connectivity index (χ4v) is 2.82. The molecule has 1 fully saturated rings. The van der Waals surface area contributed by atoms with Crippen LogP contribution in [0.3, 0.4) is 0 Å². The summed E-state index contributed by atoms with van der Waals surface area (Å²) in [4.78, 5) is 29.8. The maximum absolute atomic E-state index is 12.7. The van der Waals surface area contributed by atoms with Gasteiger partial charge in [-0.25, -0.2) is 4.98 Å². The molecule has 0 radical (unpaired) electrons. The van der Waals surface area contributed by atoms with E-state index in [1.807, 2.05) is 25.7 Å². The molecule has 0 aromatic carbocycles. The first-order valence-electron chi connectivity index (χ1n) is 7.37. The van der Waals surface area contributed by atoms with E-state index in [9.17, 15) is 9.59 Å². The maximum atomic E-state index is 12.7. The Morgan fingerprint density at radius 1 is 1.43 bits per heavy atom. The number of piperidine rings is 1. The first-order valence-corrected chi connectivity index (χ1v) is 7.37. The second-order valence-corrected chi connectivity index (χ2v) is 6.54. The topological polar surface area (TPSA) is 75.4 Å². The summed E-state index contributed by atoms with van der Waals surface area (Å²) in [6, 6.07) is -0.146. The van der Waals surface area contributed by atoms with Crippen LogP contribution in [0.1, 0.15) is 46.5 Å². The third-order valence-electron chi connectivity index (χ3n) is 3.85. The number of hydrogen-bond acceptors (Lipinski definition) is 4. The van der Waals surface area contributed by atoms with Crippen LogP contribution in [0.2, 0.25) is 0 Å². The van der Waals surface area contributed by atoms with Gasteiger partial charge in [-0.1, -0.05) is 0 Å². The molecule has 1 aliphatic rings. The molecule has 1 aliphatic heterocycles. The van der Waals surface area contributed by atoms with E-state index in [1.165, 1.54) is 0 Å². The fraction of sp³-hybridized carbons (Fsp3) is 0.667. The highest BCUT2D eigenvalue weighted by Gasteiger charge is 2.28. The average molecular weight is 293 g/mol. The van der Waals surface area contributed by atoms with Gasteiger partial charge in [0, 0.05) is 30.5 Å². The molecule has 0 saturated carbocycles. The molecule has 1 saturated heterocycles. The maximum Gasteiger partial charge on any atom is 0.305 e. The van der Waals surface area contributed by atoms with E-state index in [2.05, 4.69) is 4.98 Å². The molecule has 0 bridgehead atoms. The van der Waals surface area contributed by atoms with Crippen LogP contribution < -0.4 is 10.5 Å². The van der Waals surface area contributed by atoms with Crippen LogP contribution in [0.25, 0.3) is 0 Å². The Labute approximate surface area is 124 Å². The molecule has 1 aromatic heterocycles. The third-order valence-corrected chi connectivity index (χ3v) is 3.85. The molecule has 116 valence electrons. The van der Waals surface area contributed by atoms with Gasteiger partial charge in [0.2, 0.25) is 0 Å². The molecule has 0 aliphatic carbocycles. The zero-order chi connectivity index (χ0) is 15.6. The summed E-state index contributed by atoms with van der Waals surface area (Å²) < 4.78 is 1.65. The minimum atomic E-state index is -0.834. The predicted octanol–water partition coefficient (Wildman–Crippen LogP) is 1.83. The molecule has 0 amide bonds. The van der Waals surface area contributed by atoms with Gasteiger partial charge in [0.25, 0.3) is 5.56 Å². The second-order valence-electron chi connectivity index (χ2n) is 6.54. The van der Waals surface area contributed by atoms with Gasteiger partial charge in [0.1, 0.15) is 0 Å². The van der Waals surface area contributed by atoms with Gasteiger partial charge in [-0.3, -0.25) is 9.59 Å². The van der Waals surface area contributed by atoms with Crippen molar-refractivity contribution < 1.29 is 9.90 Å². The van der Waals surface area contributed by atoms with E-state index in [-0.39, 0.29) is 23.6 Å². The largest absolute Gasteiger partial charge is 0.481 e. The van der Waals surface area contributed by atoms with Crippen LogP contribution in [-0.4, -0.2) is 33.2 Å². The molecule has 1 aromatic rings. The minimum Gasteiger partial charge on any atom is -0.481 e. The van der Waals surface area contributed by atoms with Crippen LogP contribution in [0.15, 0.2) is 17.2 Å². The van der Waals surface area contributed by atoms with Crippen molar-refractivity contribution in [3.05, 3.63) is 22.7 Å². The predicted molar refractivity (Wildman–Crippen MR) is 80.7 cm³/mol. The number of anilines is 1. The number of aromatic nitrogens is 2. The lowest BCUT2D eigenvalue weighted by Crippen LogP contribution is -2.46. The SMILES string of the molecule is CC(C)(C)n1ccnc(N2CCCCC2CC(=O)O)c1=O. The molecule has 6 nitrogen and oxygen atoms in total. The number of carboxylic acids is 1. The van der Waals surface area contributed by atoms with Crippen molar-refractivity contribution in [1.29, 1.82) is 0 Å². The Hall–Kier alpha value is -1.85. The number of carboxylic acid groups (broad SMARTS) is 1. The molecule has 6 heteroatoms. The lowest BCUT2D eigenvalue weighted by molar-refractivity contribution is -0.137. The zero-order valence-electron chi connectivity index (χ0n) is 12.9. The average Bonchev–Trinajstić information content (AvgIpc) is 2.38. The highest BCUT2D eigenvalue weighted by Crippen LogP contribution is 2.23. The lowest BCUT2D eigenvalue weighted by Gasteiger charge is -2.36. The van der Waals surface area contributed by atoms with Crippen LogP contribution in [0, 0.1) is 0 Å². The van der Waals surface area contributed by atoms with Gasteiger partial charge in [-0.15, -0.1) is 0 Å². The van der Waals surface area contributed by atoms with E-state index in [1.54, 1.807) is 17.0 Å². The van der Waals surface area contributed by atoms with Gasteiger partial charge in [-0.2, -0.15) is 0 Å². The molecule has 1 atom stereocenters. The molecule has 2 rings (SSSR count). The minimum absolute atomic E-state index is 0.0472. The Kier molecular flexibility index (Phi) is 4.34. The lowest BCUT2D eigenvalue weighted by atomic mass is 9.99. The summed E-state index contributed by atoms with van der Waals surface area (Å²) in [6.07, 6.45) is 6.09. The Morgan fingerprint density at radius 3 is 2.76 bits per heavy atom. The monoisotopic (exact) mass is 293 g/mol. The van der Waals surface area contributed by atoms with Crippen molar-refractivity contribution in [2.45, 2.75) is 58.0 Å². The Morgan fingerprint density at radius 2 is 2.14 bits per heavy atom. The van der Waals surface area contributed by atoms with Crippen LogP contribution in [0.4, 0.5) is 5.82 Å². The van der Waals surface area contributed by atoms with Gasteiger partial charge in [0.05, 0.1) is 6.42 Å². The molecule has 21 heavy (non-hydrogen) atoms. The van der Waals surface area contributed by atoms with Crippen molar-refractivity contribution >= 4 is 11.8 Å². The third kappa shape index (κ3) is 3.43. The van der Waals surface area contributed by atoms with E-state index >= 15 is 0 Å². The highest BCUT2D eigenvalue weighted by molar-refractivity contribution is 5.68. The van der Waals surface area contributed by atoms with Gasteiger partial charge in [0.15, 0.2) is 5.82 Å². The normalized spacial score (nSPS) is 19.6. The number of aliphatic carboxylic acids is 1. The summed E-state index contributed by atoms with van der Waals surface area (Å²) in [5, 5.41) is 9.05. The van der Waals surface area contributed by atoms with Crippen molar-refractivity contribution in [2.75, 3.05) is 11.4 Å². The van der Waals surface area contributed by atoms with E-state index in [0.717, 1.165) is 19.3 Å². The second kappa shape index (κ2) is 5.87. The summed E-state index contributed by atoms with van der Waals surface area (Å²) in [5.41, 5.74) is -0.477. The van der Waals surface area contributed by atoms with E-state index in [4.69, 9.17) is 5.11 Å². The quantitative estimate of drug-likeness (QED) is 0.920. The first-order chi connectivity index (χ1) is 9.80. The highest BCUT2D eigenvalue weighted by atomic mass is 16.4. The summed E-state index contributed by atoms with van der Waals surface area (Å²) >= 11 is 0. The summed E-state index contributed by atoms with van der Waals surface area (Å²) in [7, 11) is 0. The molecule has 1 unspecified atom stereocenters. The molecule has 1 N–H and O–H groups in total. The number of nitrogens with zero attached hydrogens (tertiary/aromatic N) is 3. The van der Waals surface area contributed by atoms with Crippen LogP contribution in [0.5, 0.6) is 0 Å². The van der Waals surface area contributed by atoms with Crippen molar-refractivity contribution in [2.24, 2.45) is 0 Å². The van der Waals surface area contributed by atoms with Gasteiger partial charge < -0.3 is 14.6 Å². The smallest absolute Gasteiger partial charge is 0.305 e. The van der Waals surface area contributed by atoms with E-state index in [0.29, 0.717) is 12.4 Å². The van der Waals surface area contributed by atoms with E-state index < -0.39 is 5.97 Å². The number of carbonyl (C=O) groups is 1. The van der Waals surface area contributed by atoms with Crippen molar-refractivity contribution in [3.8, 4) is 0 Å². The Bertz CT molecular complexity index is 574. The van der Waals surface area contributed by atoms with Crippen molar-refractivity contribution in [1.82, 2.24) is 9.55 Å². The summed E-state index contributed by atoms with van der Waals surface area (Å²) in [5.74, 6) is -0.461. The zero-order valence-corrected chi connectivity index (χ0v) is 12.9. The van der Waals surface area contributed by atoms with Crippen LogP contribution in [-0.2, 0) is 10.3 Å². The number of hydrogen-bond donors (Lipinski definition) is 1. The molecule has 0 spiro atoms. The Balaban J connectivity index is 2.40. The molecular formula is C15H23N3O3. The number of rotatable bonds is 3. The van der Waals surface area contributed by atoms with Gasteiger partial charge in [-0.05, 0) is 40.0 Å². The standard InChI is InChI=1S/C15H23N3O3/c1-15(2,3)18-9-7-16-13(14(18)21)17-8-5-4-6-11(17)10-12(19)20/h7,9,11H,4-6,8,10H2,1-3H3,(H,19,20). The molecular weight excluding hydrogens is 270 g/mol. The first kappa shape index (κ1) is 15.5. The fourth-order valence-electron chi connectivity index (χ4n) is 2.82. The van der Waals surface area contributed by atoms with Crippen molar-refractivity contribution in [3.63, 3.8) is 0 Å². The van der Waals surface area contributed by atoms with Gasteiger partial charge >= 0.3 is 5.97 Å². The molecule has 2 heterocycles. The van der Waals surface area contributed by atoms with Crippen LogP contribution >= 0.6 is 0 Å². The summed E-state index contributed by atoms with van der Waals surface area (Å²) in [6.45, 7) is 6.57.